The molecule has 0 spiro atoms. The average Bonchev–Trinajstić information content (AvgIpc) is 2.94. The van der Waals surface area contributed by atoms with E-state index in [2.05, 4.69) is 37.2 Å². The number of nitrogens with two attached hydrogens (primary N) is 1. The molecule has 0 aliphatic heterocycles. The van der Waals surface area contributed by atoms with E-state index in [0.29, 0.717) is 11.6 Å². The number of H-pyrrole nitrogens is 1. The number of hydrazine groups is 1. The number of nitrogens with zero attached hydrogens (tertiary/aromatic N) is 3. The summed E-state index contributed by atoms with van der Waals surface area (Å²) in [7, 11) is 0. The van der Waals surface area contributed by atoms with Crippen molar-refractivity contribution in [2.75, 3.05) is 29.3 Å². The summed E-state index contributed by atoms with van der Waals surface area (Å²) in [4.78, 5) is 8.50. The predicted molar refractivity (Wildman–Crippen MR) is 84.8 cm³/mol. The molecule has 0 bridgehead atoms. The molecule has 2 rings (SSSR count). The van der Waals surface area contributed by atoms with Crippen LogP contribution in [0.15, 0.2) is 6.20 Å². The van der Waals surface area contributed by atoms with Crippen LogP contribution >= 0.6 is 11.8 Å². The molecule has 2 aromatic rings. The number of unbranched alkanes of at least 4 members (excludes halogenated alkanes) is 3. The Balaban J connectivity index is 1.84. The van der Waals surface area contributed by atoms with Gasteiger partial charge in [0.25, 0.3) is 0 Å². The van der Waals surface area contributed by atoms with E-state index in [9.17, 15) is 0 Å². The van der Waals surface area contributed by atoms with E-state index in [1.165, 1.54) is 25.0 Å². The van der Waals surface area contributed by atoms with Crippen molar-refractivity contribution in [1.29, 1.82) is 0 Å². The zero-order chi connectivity index (χ0) is 14.2. The Hall–Kier alpha value is -1.54. The zero-order valence-corrected chi connectivity index (χ0v) is 12.5. The highest BCUT2D eigenvalue weighted by atomic mass is 32.2. The first kappa shape index (κ1) is 14.9. The van der Waals surface area contributed by atoms with Crippen LogP contribution in [0.2, 0.25) is 0 Å². The summed E-state index contributed by atoms with van der Waals surface area (Å²) in [6.07, 6.45) is 8.80. The first-order valence-electron chi connectivity index (χ1n) is 6.75. The molecule has 0 saturated heterocycles. The standard InChI is InChI=1S/C12H21N7S/c1-20-7-5-3-2-4-6-14-10-9-8-15-19-11(9)17-12(16-10)18-13/h8H,2-7,13H2,1H3,(H3,14,15,16,17,18,19). The third kappa shape index (κ3) is 3.97. The molecule has 2 aromatic heterocycles. The SMILES string of the molecule is CSCCCCCCNc1nc(NN)nc2[nH]ncc12. The second-order valence-corrected chi connectivity index (χ2v) is 5.49. The van der Waals surface area contributed by atoms with Crippen molar-refractivity contribution in [3.8, 4) is 0 Å². The van der Waals surface area contributed by atoms with E-state index in [-0.39, 0.29) is 0 Å². The Labute approximate surface area is 122 Å². The Morgan fingerprint density at radius 1 is 1.25 bits per heavy atom. The van der Waals surface area contributed by atoms with Gasteiger partial charge in [-0.3, -0.25) is 10.5 Å². The molecule has 8 heteroatoms. The maximum absolute atomic E-state index is 5.36. The molecule has 0 aliphatic carbocycles. The molecule has 20 heavy (non-hydrogen) atoms. The molecule has 0 saturated carbocycles. The number of anilines is 2. The van der Waals surface area contributed by atoms with Gasteiger partial charge in [0, 0.05) is 6.54 Å². The van der Waals surface area contributed by atoms with Gasteiger partial charge in [-0.15, -0.1) is 0 Å². The van der Waals surface area contributed by atoms with Gasteiger partial charge in [0.05, 0.1) is 11.6 Å². The van der Waals surface area contributed by atoms with Crippen LogP contribution in [0.3, 0.4) is 0 Å². The smallest absolute Gasteiger partial charge is 0.241 e. The fraction of sp³-hybridized carbons (Fsp3) is 0.583. The van der Waals surface area contributed by atoms with E-state index < -0.39 is 0 Å². The van der Waals surface area contributed by atoms with Crippen LogP contribution < -0.4 is 16.6 Å². The summed E-state index contributed by atoms with van der Waals surface area (Å²) in [5.74, 6) is 7.76. The Morgan fingerprint density at radius 3 is 2.90 bits per heavy atom. The topological polar surface area (TPSA) is 105 Å². The van der Waals surface area contributed by atoms with E-state index in [4.69, 9.17) is 5.84 Å². The molecule has 0 radical (unpaired) electrons. The van der Waals surface area contributed by atoms with E-state index >= 15 is 0 Å². The number of fused-ring (bicyclic) bond motifs is 1. The third-order valence-electron chi connectivity index (χ3n) is 3.01. The molecule has 0 aliphatic rings. The van der Waals surface area contributed by atoms with Crippen molar-refractivity contribution in [1.82, 2.24) is 20.2 Å². The van der Waals surface area contributed by atoms with Crippen LogP contribution in [0.1, 0.15) is 25.7 Å². The molecule has 7 nitrogen and oxygen atoms in total. The Bertz CT molecular complexity index is 528. The molecule has 0 unspecified atom stereocenters. The lowest BCUT2D eigenvalue weighted by atomic mass is 10.2. The van der Waals surface area contributed by atoms with Gasteiger partial charge < -0.3 is 5.32 Å². The molecule has 2 heterocycles. The number of hydrogen-bond donors (Lipinski definition) is 4. The second kappa shape index (κ2) is 7.91. The maximum atomic E-state index is 5.36. The van der Waals surface area contributed by atoms with Crippen molar-refractivity contribution in [2.45, 2.75) is 25.7 Å². The van der Waals surface area contributed by atoms with Crippen LogP contribution in [0.4, 0.5) is 11.8 Å². The van der Waals surface area contributed by atoms with Gasteiger partial charge in [-0.25, -0.2) is 5.84 Å². The first-order valence-corrected chi connectivity index (χ1v) is 8.15. The quantitative estimate of drug-likeness (QED) is 0.318. The van der Waals surface area contributed by atoms with Gasteiger partial charge in [-0.05, 0) is 24.9 Å². The summed E-state index contributed by atoms with van der Waals surface area (Å²) >= 11 is 1.91. The van der Waals surface area contributed by atoms with Gasteiger partial charge in [0.2, 0.25) is 5.95 Å². The molecule has 110 valence electrons. The monoisotopic (exact) mass is 295 g/mol. The van der Waals surface area contributed by atoms with Gasteiger partial charge in [-0.2, -0.15) is 26.8 Å². The van der Waals surface area contributed by atoms with Crippen LogP contribution in [-0.2, 0) is 0 Å². The molecule has 5 N–H and O–H groups in total. The lowest BCUT2D eigenvalue weighted by molar-refractivity contribution is 0.688. The number of hydrogen-bond acceptors (Lipinski definition) is 7. The Kier molecular flexibility index (Phi) is 5.87. The average molecular weight is 295 g/mol. The molecule has 0 aromatic carbocycles. The number of nitrogens with one attached hydrogen (secondary N) is 3. The zero-order valence-electron chi connectivity index (χ0n) is 11.6. The highest BCUT2D eigenvalue weighted by molar-refractivity contribution is 7.98. The lowest BCUT2D eigenvalue weighted by Crippen LogP contribution is -2.12. The van der Waals surface area contributed by atoms with Gasteiger partial charge >= 0.3 is 0 Å². The van der Waals surface area contributed by atoms with Crippen molar-refractivity contribution < 1.29 is 0 Å². The van der Waals surface area contributed by atoms with E-state index in [1.807, 2.05) is 11.8 Å². The fourth-order valence-electron chi connectivity index (χ4n) is 1.97. The molecule has 0 atom stereocenters. The van der Waals surface area contributed by atoms with Gasteiger partial charge in [0.1, 0.15) is 5.82 Å². The van der Waals surface area contributed by atoms with E-state index in [1.54, 1.807) is 6.20 Å². The van der Waals surface area contributed by atoms with Gasteiger partial charge in [0.15, 0.2) is 5.65 Å². The minimum absolute atomic E-state index is 0.379. The number of rotatable bonds is 9. The maximum Gasteiger partial charge on any atom is 0.241 e. The van der Waals surface area contributed by atoms with Crippen LogP contribution in [-0.4, -0.2) is 38.7 Å². The van der Waals surface area contributed by atoms with Crippen molar-refractivity contribution in [3.05, 3.63) is 6.20 Å². The number of nitrogen functional groups attached to an aromatic ring is 1. The van der Waals surface area contributed by atoms with Gasteiger partial charge in [-0.1, -0.05) is 12.8 Å². The third-order valence-corrected chi connectivity index (χ3v) is 3.70. The molecular formula is C12H21N7S. The predicted octanol–water partition coefficient (Wildman–Crippen LogP) is 1.97. The van der Waals surface area contributed by atoms with E-state index in [0.717, 1.165) is 24.2 Å². The minimum atomic E-state index is 0.379. The van der Waals surface area contributed by atoms with Crippen LogP contribution in [0.5, 0.6) is 0 Å². The van der Waals surface area contributed by atoms with Crippen LogP contribution in [0.25, 0.3) is 11.0 Å². The summed E-state index contributed by atoms with van der Waals surface area (Å²) < 4.78 is 0. The summed E-state index contributed by atoms with van der Waals surface area (Å²) in [5.41, 5.74) is 3.14. The summed E-state index contributed by atoms with van der Waals surface area (Å²) in [6, 6.07) is 0. The normalized spacial score (nSPS) is 10.9. The van der Waals surface area contributed by atoms with Crippen molar-refractivity contribution >= 4 is 34.6 Å². The number of aromatic nitrogens is 4. The largest absolute Gasteiger partial charge is 0.369 e. The fourth-order valence-corrected chi connectivity index (χ4v) is 2.46. The van der Waals surface area contributed by atoms with Crippen LogP contribution in [0, 0.1) is 0 Å². The minimum Gasteiger partial charge on any atom is -0.369 e. The summed E-state index contributed by atoms with van der Waals surface area (Å²) in [5, 5.41) is 11.0. The van der Waals surface area contributed by atoms with Crippen molar-refractivity contribution in [3.63, 3.8) is 0 Å². The molecule has 0 amide bonds. The highest BCUT2D eigenvalue weighted by Crippen LogP contribution is 2.19. The number of aromatic amines is 1. The lowest BCUT2D eigenvalue weighted by Gasteiger charge is -2.08. The summed E-state index contributed by atoms with van der Waals surface area (Å²) in [6.45, 7) is 0.889. The second-order valence-electron chi connectivity index (χ2n) is 4.51. The number of thioether (sulfide) groups is 1. The highest BCUT2D eigenvalue weighted by Gasteiger charge is 2.08. The van der Waals surface area contributed by atoms with Crippen molar-refractivity contribution in [2.24, 2.45) is 5.84 Å². The molecule has 0 fully saturated rings. The Morgan fingerprint density at radius 2 is 2.10 bits per heavy atom. The molecular weight excluding hydrogens is 274 g/mol. The first-order chi connectivity index (χ1) is 9.85.